The Kier molecular flexibility index (Phi) is 8.32. The second-order valence-corrected chi connectivity index (χ2v) is 7.11. The third-order valence-corrected chi connectivity index (χ3v) is 4.71. The van der Waals surface area contributed by atoms with Crippen LogP contribution in [0.1, 0.15) is 38.3 Å². The van der Waals surface area contributed by atoms with Crippen molar-refractivity contribution >= 4 is 18.4 Å². The largest absolute Gasteiger partial charge is 0.462 e. The van der Waals surface area contributed by atoms with Gasteiger partial charge in [0.25, 0.3) is 0 Å². The van der Waals surface area contributed by atoms with Gasteiger partial charge < -0.3 is 9.64 Å². The van der Waals surface area contributed by atoms with Crippen LogP contribution in [0.2, 0.25) is 0 Å². The Labute approximate surface area is 163 Å². The van der Waals surface area contributed by atoms with Crippen molar-refractivity contribution in [1.29, 1.82) is 0 Å². The summed E-state index contributed by atoms with van der Waals surface area (Å²) in [6.45, 7) is 5.94. The standard InChI is InChI=1S/C22H29NO2.ClH/c1-17(2)25-21(24)22(16-18(3)23(4)5,19-12-8-6-9-13-19)20-14-10-7-11-15-20;/h6-15,17-18H,16H2,1-5H3;1H. The van der Waals surface area contributed by atoms with Crippen molar-refractivity contribution in [3.05, 3.63) is 71.8 Å². The molecule has 0 aliphatic carbocycles. The maximum absolute atomic E-state index is 13.4. The molecule has 0 spiro atoms. The van der Waals surface area contributed by atoms with E-state index in [1.165, 1.54) is 0 Å². The van der Waals surface area contributed by atoms with Gasteiger partial charge in [-0.25, -0.2) is 0 Å². The SMILES string of the molecule is CC(C)OC(=O)C(CC(C)N(C)C)(c1ccccc1)c1ccccc1.Cl. The van der Waals surface area contributed by atoms with Crippen molar-refractivity contribution < 1.29 is 9.53 Å². The van der Waals surface area contributed by atoms with Crippen molar-refractivity contribution in [2.24, 2.45) is 0 Å². The predicted molar refractivity (Wildman–Crippen MR) is 110 cm³/mol. The van der Waals surface area contributed by atoms with Crippen LogP contribution in [-0.2, 0) is 14.9 Å². The highest BCUT2D eigenvalue weighted by molar-refractivity contribution is 5.88. The van der Waals surface area contributed by atoms with E-state index in [1.54, 1.807) is 0 Å². The van der Waals surface area contributed by atoms with Gasteiger partial charge >= 0.3 is 5.97 Å². The van der Waals surface area contributed by atoms with Crippen molar-refractivity contribution in [2.75, 3.05) is 14.1 Å². The summed E-state index contributed by atoms with van der Waals surface area (Å²) < 4.78 is 5.75. The summed E-state index contributed by atoms with van der Waals surface area (Å²) in [6, 6.07) is 20.2. The number of carbonyl (C=O) groups excluding carboxylic acids is 1. The average molecular weight is 376 g/mol. The number of carbonyl (C=O) groups is 1. The Morgan fingerprint density at radius 2 is 1.35 bits per heavy atom. The molecule has 0 saturated heterocycles. The molecule has 0 heterocycles. The topological polar surface area (TPSA) is 29.5 Å². The van der Waals surface area contributed by atoms with Gasteiger partial charge in [0.2, 0.25) is 0 Å². The van der Waals surface area contributed by atoms with E-state index in [0.717, 1.165) is 11.1 Å². The van der Waals surface area contributed by atoms with Gasteiger partial charge in [0, 0.05) is 6.04 Å². The minimum absolute atomic E-state index is 0. The molecule has 2 aromatic rings. The van der Waals surface area contributed by atoms with Crippen LogP contribution in [0.5, 0.6) is 0 Å². The van der Waals surface area contributed by atoms with Crippen LogP contribution in [-0.4, -0.2) is 37.1 Å². The lowest BCUT2D eigenvalue weighted by Crippen LogP contribution is -2.44. The molecule has 0 aliphatic heterocycles. The first-order chi connectivity index (χ1) is 11.9. The molecule has 1 unspecified atom stereocenters. The summed E-state index contributed by atoms with van der Waals surface area (Å²) in [4.78, 5) is 15.5. The first-order valence-corrected chi connectivity index (χ1v) is 8.86. The first-order valence-electron chi connectivity index (χ1n) is 8.86. The van der Waals surface area contributed by atoms with E-state index in [9.17, 15) is 4.79 Å². The van der Waals surface area contributed by atoms with Crippen LogP contribution in [0.25, 0.3) is 0 Å². The van der Waals surface area contributed by atoms with Crippen LogP contribution in [0.4, 0.5) is 0 Å². The molecule has 1 atom stereocenters. The molecule has 0 fully saturated rings. The van der Waals surface area contributed by atoms with Crippen LogP contribution in [0.15, 0.2) is 60.7 Å². The van der Waals surface area contributed by atoms with Gasteiger partial charge in [-0.3, -0.25) is 4.79 Å². The lowest BCUT2D eigenvalue weighted by molar-refractivity contribution is -0.153. The molecule has 4 heteroatoms. The van der Waals surface area contributed by atoms with Gasteiger partial charge in [-0.1, -0.05) is 60.7 Å². The Hall–Kier alpha value is -1.84. The second-order valence-electron chi connectivity index (χ2n) is 7.11. The molecular weight excluding hydrogens is 346 g/mol. The van der Waals surface area contributed by atoms with E-state index in [0.29, 0.717) is 6.42 Å². The molecule has 0 radical (unpaired) electrons. The van der Waals surface area contributed by atoms with E-state index in [-0.39, 0.29) is 30.5 Å². The number of rotatable bonds is 7. The third kappa shape index (κ3) is 4.87. The van der Waals surface area contributed by atoms with Gasteiger partial charge in [-0.2, -0.15) is 0 Å². The third-order valence-electron chi connectivity index (χ3n) is 4.71. The fourth-order valence-electron chi connectivity index (χ4n) is 3.11. The lowest BCUT2D eigenvalue weighted by Gasteiger charge is -2.37. The highest BCUT2D eigenvalue weighted by Crippen LogP contribution is 2.39. The van der Waals surface area contributed by atoms with Gasteiger partial charge in [-0.05, 0) is 52.4 Å². The highest BCUT2D eigenvalue weighted by Gasteiger charge is 2.45. The number of esters is 1. The molecular formula is C22H30ClNO2. The van der Waals surface area contributed by atoms with Crippen LogP contribution in [0, 0.1) is 0 Å². The van der Waals surface area contributed by atoms with Gasteiger partial charge in [-0.15, -0.1) is 12.4 Å². The minimum Gasteiger partial charge on any atom is -0.462 e. The molecule has 0 bridgehead atoms. The van der Waals surface area contributed by atoms with Gasteiger partial charge in [0.1, 0.15) is 5.41 Å². The Morgan fingerprint density at radius 1 is 0.923 bits per heavy atom. The number of hydrogen-bond acceptors (Lipinski definition) is 3. The number of halogens is 1. The smallest absolute Gasteiger partial charge is 0.321 e. The van der Waals surface area contributed by atoms with Gasteiger partial charge in [0.05, 0.1) is 6.10 Å². The van der Waals surface area contributed by atoms with E-state index in [2.05, 4.69) is 11.8 Å². The van der Waals surface area contributed by atoms with E-state index in [4.69, 9.17) is 4.74 Å². The predicted octanol–water partition coefficient (Wildman–Crippen LogP) is 4.69. The summed E-state index contributed by atoms with van der Waals surface area (Å²) in [5.74, 6) is -0.186. The van der Waals surface area contributed by atoms with E-state index < -0.39 is 5.41 Å². The normalized spacial score (nSPS) is 12.6. The van der Waals surface area contributed by atoms with E-state index in [1.807, 2.05) is 88.6 Å². The van der Waals surface area contributed by atoms with E-state index >= 15 is 0 Å². The molecule has 2 aromatic carbocycles. The quantitative estimate of drug-likeness (QED) is 0.657. The molecule has 0 amide bonds. The minimum atomic E-state index is -0.823. The molecule has 142 valence electrons. The van der Waals surface area contributed by atoms with Crippen LogP contribution < -0.4 is 0 Å². The summed E-state index contributed by atoms with van der Waals surface area (Å²) in [5.41, 5.74) is 1.12. The fourth-order valence-corrected chi connectivity index (χ4v) is 3.11. The molecule has 0 aliphatic rings. The number of benzene rings is 2. The zero-order valence-corrected chi connectivity index (χ0v) is 17.1. The number of ether oxygens (including phenoxy) is 1. The van der Waals surface area contributed by atoms with Crippen LogP contribution in [0.3, 0.4) is 0 Å². The summed E-state index contributed by atoms with van der Waals surface area (Å²) >= 11 is 0. The maximum Gasteiger partial charge on any atom is 0.321 e. The Balaban J connectivity index is 0.00000338. The highest BCUT2D eigenvalue weighted by atomic mass is 35.5. The zero-order chi connectivity index (χ0) is 18.4. The molecule has 2 rings (SSSR count). The second kappa shape index (κ2) is 9.75. The summed E-state index contributed by atoms with van der Waals surface area (Å²) in [7, 11) is 4.08. The van der Waals surface area contributed by atoms with Crippen molar-refractivity contribution in [2.45, 2.75) is 44.8 Å². The van der Waals surface area contributed by atoms with Gasteiger partial charge in [0.15, 0.2) is 0 Å². The zero-order valence-electron chi connectivity index (χ0n) is 16.3. The molecule has 0 aromatic heterocycles. The van der Waals surface area contributed by atoms with Crippen molar-refractivity contribution in [3.63, 3.8) is 0 Å². The Bertz CT molecular complexity index is 632. The molecule has 3 nitrogen and oxygen atoms in total. The number of hydrogen-bond donors (Lipinski definition) is 0. The van der Waals surface area contributed by atoms with Crippen LogP contribution >= 0.6 is 12.4 Å². The summed E-state index contributed by atoms with van der Waals surface area (Å²) in [6.07, 6.45) is 0.494. The maximum atomic E-state index is 13.4. The molecule has 0 N–H and O–H groups in total. The van der Waals surface area contributed by atoms with Crippen molar-refractivity contribution in [3.8, 4) is 0 Å². The average Bonchev–Trinajstić information content (AvgIpc) is 2.60. The molecule has 0 saturated carbocycles. The Morgan fingerprint density at radius 3 is 1.69 bits per heavy atom. The molecule has 26 heavy (non-hydrogen) atoms. The number of nitrogens with zero attached hydrogens (tertiary/aromatic N) is 1. The van der Waals surface area contributed by atoms with Crippen molar-refractivity contribution in [1.82, 2.24) is 4.90 Å². The first kappa shape index (κ1) is 22.2. The monoisotopic (exact) mass is 375 g/mol. The lowest BCUT2D eigenvalue weighted by atomic mass is 9.70. The summed E-state index contributed by atoms with van der Waals surface area (Å²) in [5, 5.41) is 0. The fraction of sp³-hybridized carbons (Fsp3) is 0.409.